The minimum absolute atomic E-state index is 0.242. The second kappa shape index (κ2) is 8.45. The van der Waals surface area contributed by atoms with Crippen LogP contribution >= 0.6 is 35.1 Å². The fourth-order valence-electron chi connectivity index (χ4n) is 2.28. The Hall–Kier alpha value is -2.21. The molecule has 1 N–H and O–H groups in total. The number of hydrogen-bond donors (Lipinski definition) is 1. The zero-order valence-electron chi connectivity index (χ0n) is 13.5. The van der Waals surface area contributed by atoms with Crippen molar-refractivity contribution in [1.29, 1.82) is 0 Å². The summed E-state index contributed by atoms with van der Waals surface area (Å²) >= 11 is 13.7. The third kappa shape index (κ3) is 4.69. The molecule has 1 heterocycles. The van der Waals surface area contributed by atoms with Crippen LogP contribution in [0.4, 0.5) is 5.82 Å². The number of carboxylic acids is 1. The van der Waals surface area contributed by atoms with E-state index in [4.69, 9.17) is 28.3 Å². The highest BCUT2D eigenvalue weighted by molar-refractivity contribution is 8.00. The van der Waals surface area contributed by atoms with E-state index in [-0.39, 0.29) is 5.56 Å². The zero-order valence-corrected chi connectivity index (χ0v) is 15.8. The summed E-state index contributed by atoms with van der Waals surface area (Å²) in [5.74, 6) is -0.364. The maximum atomic E-state index is 11.0. The number of hydrogen-bond acceptors (Lipinski definition) is 4. The predicted molar refractivity (Wildman–Crippen MR) is 106 cm³/mol. The van der Waals surface area contributed by atoms with Gasteiger partial charge < -0.3 is 5.11 Å². The first-order valence-electron chi connectivity index (χ1n) is 7.67. The van der Waals surface area contributed by atoms with Crippen LogP contribution in [0, 0.1) is 0 Å². The normalized spacial score (nSPS) is 10.5. The number of carbonyl (C=O) groups is 1. The Bertz CT molecular complexity index is 905. The van der Waals surface area contributed by atoms with Gasteiger partial charge in [0.2, 0.25) is 0 Å². The van der Waals surface area contributed by atoms with Crippen LogP contribution in [0.2, 0.25) is 10.0 Å². The molecular formula is C19H14Cl2N2O2S. The molecule has 0 saturated heterocycles. The highest BCUT2D eigenvalue weighted by Gasteiger charge is 2.15. The van der Waals surface area contributed by atoms with Crippen LogP contribution in [-0.4, -0.2) is 16.1 Å². The molecule has 0 aliphatic heterocycles. The van der Waals surface area contributed by atoms with Crippen LogP contribution in [0.5, 0.6) is 0 Å². The number of aromatic nitrogens is 1. The molecule has 3 rings (SSSR count). The van der Waals surface area contributed by atoms with Gasteiger partial charge in [-0.1, -0.05) is 53.5 Å². The molecule has 0 spiro atoms. The van der Waals surface area contributed by atoms with Gasteiger partial charge in [0.05, 0.1) is 22.2 Å². The highest BCUT2D eigenvalue weighted by Crippen LogP contribution is 2.35. The van der Waals surface area contributed by atoms with Crippen LogP contribution in [0.15, 0.2) is 71.8 Å². The van der Waals surface area contributed by atoms with Crippen molar-refractivity contribution in [2.45, 2.75) is 11.4 Å². The fraction of sp³-hybridized carbons (Fsp3) is 0.0526. The molecule has 0 aliphatic carbocycles. The van der Waals surface area contributed by atoms with Crippen LogP contribution in [0.25, 0.3) is 0 Å². The minimum atomic E-state index is -0.954. The summed E-state index contributed by atoms with van der Waals surface area (Å²) in [6.07, 6.45) is 1.55. The molecule has 0 radical (unpaired) electrons. The molecule has 0 saturated carbocycles. The van der Waals surface area contributed by atoms with E-state index in [0.29, 0.717) is 22.4 Å². The largest absolute Gasteiger partial charge is 0.478 e. The van der Waals surface area contributed by atoms with Crippen molar-refractivity contribution in [3.63, 3.8) is 0 Å². The molecule has 2 aromatic carbocycles. The lowest BCUT2D eigenvalue weighted by Gasteiger charge is -2.23. The number of nitrogens with zero attached hydrogens (tertiary/aromatic N) is 2. The number of halogens is 2. The van der Waals surface area contributed by atoms with Crippen molar-refractivity contribution >= 4 is 46.9 Å². The molecule has 132 valence electrons. The van der Waals surface area contributed by atoms with Crippen molar-refractivity contribution in [1.82, 2.24) is 4.98 Å². The van der Waals surface area contributed by atoms with Gasteiger partial charge in [0, 0.05) is 11.1 Å². The van der Waals surface area contributed by atoms with Crippen molar-refractivity contribution < 1.29 is 9.90 Å². The van der Waals surface area contributed by atoms with Gasteiger partial charge in [-0.2, -0.15) is 0 Å². The summed E-state index contributed by atoms with van der Waals surface area (Å²) in [6.45, 7) is 0.570. The van der Waals surface area contributed by atoms with Gasteiger partial charge in [0.25, 0.3) is 0 Å². The third-order valence-corrected chi connectivity index (χ3v) is 5.00. The van der Waals surface area contributed by atoms with Crippen LogP contribution in [-0.2, 0) is 6.54 Å². The minimum Gasteiger partial charge on any atom is -0.478 e. The van der Waals surface area contributed by atoms with Crippen molar-refractivity contribution in [2.24, 2.45) is 0 Å². The summed E-state index contributed by atoms with van der Waals surface area (Å²) in [5.41, 5.74) is 1.33. The Balaban J connectivity index is 1.90. The lowest BCUT2D eigenvalue weighted by molar-refractivity contribution is 0.0697. The topological polar surface area (TPSA) is 53.4 Å². The van der Waals surface area contributed by atoms with Crippen LogP contribution in [0.3, 0.4) is 0 Å². The van der Waals surface area contributed by atoms with Crippen molar-refractivity contribution in [2.75, 3.05) is 4.31 Å². The molecule has 0 atom stereocenters. The molecule has 4 nitrogen and oxygen atoms in total. The first-order chi connectivity index (χ1) is 12.5. The lowest BCUT2D eigenvalue weighted by atomic mass is 10.2. The average molecular weight is 405 g/mol. The van der Waals surface area contributed by atoms with Gasteiger partial charge in [0.1, 0.15) is 0 Å². The van der Waals surface area contributed by atoms with Crippen molar-refractivity contribution in [3.8, 4) is 0 Å². The van der Waals surface area contributed by atoms with Gasteiger partial charge >= 0.3 is 5.97 Å². The summed E-state index contributed by atoms with van der Waals surface area (Å²) in [7, 11) is 0. The van der Waals surface area contributed by atoms with Crippen molar-refractivity contribution in [3.05, 3.63) is 88.0 Å². The Labute approximate surface area is 165 Å². The van der Waals surface area contributed by atoms with E-state index in [2.05, 4.69) is 4.98 Å². The second-order valence-electron chi connectivity index (χ2n) is 5.40. The maximum absolute atomic E-state index is 11.0. The number of carboxylic acid groups (broad SMARTS) is 1. The molecule has 0 bridgehead atoms. The second-order valence-corrected chi connectivity index (χ2v) is 7.34. The number of aromatic carboxylic acids is 1. The molecule has 3 aromatic rings. The van der Waals surface area contributed by atoms with E-state index in [9.17, 15) is 4.79 Å². The first-order valence-corrected chi connectivity index (χ1v) is 9.19. The summed E-state index contributed by atoms with van der Waals surface area (Å²) < 4.78 is 1.95. The summed E-state index contributed by atoms with van der Waals surface area (Å²) in [4.78, 5) is 16.3. The predicted octanol–water partition coefficient (Wildman–Crippen LogP) is 5.80. The smallest absolute Gasteiger partial charge is 0.335 e. The fourth-order valence-corrected chi connectivity index (χ4v) is 3.77. The van der Waals surface area contributed by atoms with Gasteiger partial charge in [0.15, 0.2) is 5.82 Å². The van der Waals surface area contributed by atoms with E-state index in [1.165, 1.54) is 11.9 Å². The standard InChI is InChI=1S/C19H14Cl2N2O2S/c20-15-10-17(21)18(22-11-15)23(12-13-4-2-1-3-5-13)26-16-8-6-14(7-9-16)19(24)25/h1-11H,12H2,(H,24,25). The van der Waals surface area contributed by atoms with E-state index < -0.39 is 5.97 Å². The van der Waals surface area contributed by atoms with E-state index >= 15 is 0 Å². The molecule has 7 heteroatoms. The average Bonchev–Trinajstić information content (AvgIpc) is 2.62. The van der Waals surface area contributed by atoms with Crippen LogP contribution < -0.4 is 4.31 Å². The zero-order chi connectivity index (χ0) is 18.5. The van der Waals surface area contributed by atoms with E-state index in [1.807, 2.05) is 34.6 Å². The SMILES string of the molecule is O=C(O)c1ccc(SN(Cc2ccccc2)c2ncc(Cl)cc2Cl)cc1. The molecular weight excluding hydrogens is 391 g/mol. The molecule has 26 heavy (non-hydrogen) atoms. The number of pyridine rings is 1. The van der Waals surface area contributed by atoms with Gasteiger partial charge in [-0.3, -0.25) is 4.31 Å². The Morgan fingerprint density at radius 3 is 2.38 bits per heavy atom. The first kappa shape index (κ1) is 18.6. The van der Waals surface area contributed by atoms with Gasteiger partial charge in [-0.15, -0.1) is 0 Å². The third-order valence-electron chi connectivity index (χ3n) is 3.51. The maximum Gasteiger partial charge on any atom is 0.335 e. The quantitative estimate of drug-likeness (QED) is 0.526. The van der Waals surface area contributed by atoms with Crippen LogP contribution in [0.1, 0.15) is 15.9 Å². The molecule has 1 aromatic heterocycles. The number of anilines is 1. The van der Waals surface area contributed by atoms with E-state index in [1.54, 1.807) is 36.5 Å². The summed E-state index contributed by atoms with van der Waals surface area (Å²) in [6, 6.07) is 18.2. The lowest BCUT2D eigenvalue weighted by Crippen LogP contribution is -2.15. The Kier molecular flexibility index (Phi) is 6.04. The molecule has 0 amide bonds. The van der Waals surface area contributed by atoms with E-state index in [0.717, 1.165) is 10.5 Å². The van der Waals surface area contributed by atoms with Gasteiger partial charge in [-0.05, 0) is 47.8 Å². The Morgan fingerprint density at radius 2 is 1.77 bits per heavy atom. The van der Waals surface area contributed by atoms with Gasteiger partial charge in [-0.25, -0.2) is 9.78 Å². The Morgan fingerprint density at radius 1 is 1.08 bits per heavy atom. The monoisotopic (exact) mass is 404 g/mol. The summed E-state index contributed by atoms with van der Waals surface area (Å²) in [5, 5.41) is 9.95. The molecule has 0 aliphatic rings. The number of rotatable bonds is 6. The number of benzene rings is 2. The highest BCUT2D eigenvalue weighted by atomic mass is 35.5. The molecule has 0 fully saturated rings. The molecule has 0 unspecified atom stereocenters.